The predicted octanol–water partition coefficient (Wildman–Crippen LogP) is 2.59. The monoisotopic (exact) mass is 280 g/mol. The fraction of sp³-hybridized carbons (Fsp3) is 0.385. The van der Waals surface area contributed by atoms with Gasteiger partial charge in [0.2, 0.25) is 0 Å². The minimum absolute atomic E-state index is 0.000402. The lowest BCUT2D eigenvalue weighted by Crippen LogP contribution is -2.31. The topological polar surface area (TPSA) is 75.4 Å². The highest BCUT2D eigenvalue weighted by Gasteiger charge is 2.27. The third kappa shape index (κ3) is 2.85. The molecule has 0 unspecified atom stereocenters. The van der Waals surface area contributed by atoms with Gasteiger partial charge in [-0.25, -0.2) is 0 Å². The zero-order valence-electron chi connectivity index (χ0n) is 11.0. The van der Waals surface area contributed by atoms with E-state index in [1.165, 1.54) is 11.3 Å². The van der Waals surface area contributed by atoms with Crippen LogP contribution >= 0.6 is 11.3 Å². The number of carbonyl (C=O) groups excluding carboxylic acids is 1. The van der Waals surface area contributed by atoms with E-state index in [4.69, 9.17) is 4.52 Å². The molecule has 0 aliphatic carbocycles. The molecule has 6 heteroatoms. The summed E-state index contributed by atoms with van der Waals surface area (Å²) in [5, 5.41) is 18.3. The van der Waals surface area contributed by atoms with Crippen LogP contribution in [-0.4, -0.2) is 22.2 Å². The Balaban J connectivity index is 2.48. The molecule has 0 aliphatic rings. The van der Waals surface area contributed by atoms with Crippen molar-refractivity contribution < 1.29 is 14.4 Å². The Morgan fingerprint density at radius 2 is 2.21 bits per heavy atom. The number of aliphatic hydroxyl groups excluding tert-OH is 1. The smallest absolute Gasteiger partial charge is 0.257 e. The van der Waals surface area contributed by atoms with E-state index in [9.17, 15) is 9.90 Å². The first kappa shape index (κ1) is 13.8. The minimum atomic E-state index is -0.880. The summed E-state index contributed by atoms with van der Waals surface area (Å²) in [6.45, 7) is 5.29. The Morgan fingerprint density at radius 1 is 1.47 bits per heavy atom. The number of nitrogens with one attached hydrogen (secondary N) is 1. The molecule has 0 fully saturated rings. The second-order valence-corrected chi connectivity index (χ2v) is 5.50. The van der Waals surface area contributed by atoms with Crippen molar-refractivity contribution in [2.75, 3.05) is 0 Å². The van der Waals surface area contributed by atoms with E-state index in [-0.39, 0.29) is 17.7 Å². The molecule has 1 atom stereocenters. The first-order chi connectivity index (χ1) is 9.00. The van der Waals surface area contributed by atoms with Crippen molar-refractivity contribution in [1.29, 1.82) is 0 Å². The predicted molar refractivity (Wildman–Crippen MR) is 73.1 cm³/mol. The summed E-state index contributed by atoms with van der Waals surface area (Å²) in [5.74, 6) is -0.0860. The van der Waals surface area contributed by atoms with Gasteiger partial charge in [-0.2, -0.15) is 0 Å². The van der Waals surface area contributed by atoms with Gasteiger partial charge in [0.05, 0.1) is 4.88 Å². The van der Waals surface area contributed by atoms with Crippen LogP contribution in [0.2, 0.25) is 0 Å². The molecule has 0 bridgehead atoms. The Bertz CT molecular complexity index is 558. The number of thiophene rings is 1. The van der Waals surface area contributed by atoms with Crippen LogP contribution < -0.4 is 5.32 Å². The highest BCUT2D eigenvalue weighted by Crippen LogP contribution is 2.31. The van der Waals surface area contributed by atoms with Crippen molar-refractivity contribution in [2.45, 2.75) is 32.9 Å². The van der Waals surface area contributed by atoms with Crippen molar-refractivity contribution in [3.63, 3.8) is 0 Å². The lowest BCUT2D eigenvalue weighted by molar-refractivity contribution is 0.0930. The second-order valence-electron chi connectivity index (χ2n) is 4.55. The average molecular weight is 280 g/mol. The SMILES string of the molecule is CC(C)NC(=O)c1c(-c2cccs2)noc1[C@H](C)O. The largest absolute Gasteiger partial charge is 0.385 e. The van der Waals surface area contributed by atoms with Gasteiger partial charge < -0.3 is 14.9 Å². The lowest BCUT2D eigenvalue weighted by Gasteiger charge is -2.09. The number of aliphatic hydroxyl groups is 1. The second kappa shape index (κ2) is 5.54. The summed E-state index contributed by atoms with van der Waals surface area (Å²) < 4.78 is 5.13. The maximum Gasteiger partial charge on any atom is 0.257 e. The van der Waals surface area contributed by atoms with Crippen LogP contribution in [0.1, 0.15) is 43.0 Å². The number of amides is 1. The van der Waals surface area contributed by atoms with Crippen LogP contribution in [0, 0.1) is 0 Å². The molecule has 19 heavy (non-hydrogen) atoms. The molecule has 0 aliphatic heterocycles. The van der Waals surface area contributed by atoms with Gasteiger partial charge in [-0.15, -0.1) is 11.3 Å². The van der Waals surface area contributed by atoms with E-state index < -0.39 is 6.10 Å². The summed E-state index contributed by atoms with van der Waals surface area (Å²) >= 11 is 1.47. The van der Waals surface area contributed by atoms with Crippen LogP contribution in [0.3, 0.4) is 0 Å². The van der Waals surface area contributed by atoms with E-state index in [1.807, 2.05) is 31.4 Å². The first-order valence-corrected chi connectivity index (χ1v) is 6.91. The molecular formula is C13H16N2O3S. The van der Waals surface area contributed by atoms with Crippen molar-refractivity contribution in [1.82, 2.24) is 10.5 Å². The van der Waals surface area contributed by atoms with Crippen LogP contribution in [0.5, 0.6) is 0 Å². The van der Waals surface area contributed by atoms with Gasteiger partial charge in [-0.3, -0.25) is 4.79 Å². The van der Waals surface area contributed by atoms with Gasteiger partial charge in [0.25, 0.3) is 5.91 Å². The quantitative estimate of drug-likeness (QED) is 0.902. The van der Waals surface area contributed by atoms with Crippen molar-refractivity contribution >= 4 is 17.2 Å². The molecule has 2 aromatic rings. The van der Waals surface area contributed by atoms with Crippen molar-refractivity contribution in [3.8, 4) is 10.6 Å². The molecule has 102 valence electrons. The van der Waals surface area contributed by atoms with Gasteiger partial charge in [-0.1, -0.05) is 11.2 Å². The molecule has 0 saturated carbocycles. The Kier molecular flexibility index (Phi) is 4.01. The maximum atomic E-state index is 12.2. The molecule has 5 nitrogen and oxygen atoms in total. The zero-order chi connectivity index (χ0) is 14.0. The summed E-state index contributed by atoms with van der Waals surface area (Å²) in [5.41, 5.74) is 0.787. The third-order valence-corrected chi connectivity index (χ3v) is 3.38. The van der Waals surface area contributed by atoms with Crippen LogP contribution in [-0.2, 0) is 0 Å². The Morgan fingerprint density at radius 3 is 2.74 bits per heavy atom. The summed E-state index contributed by atoms with van der Waals surface area (Å²) in [4.78, 5) is 13.1. The van der Waals surface area contributed by atoms with E-state index in [0.717, 1.165) is 4.88 Å². The lowest BCUT2D eigenvalue weighted by atomic mass is 10.1. The van der Waals surface area contributed by atoms with Crippen LogP contribution in [0.25, 0.3) is 10.6 Å². The summed E-state index contributed by atoms with van der Waals surface area (Å²) in [6, 6.07) is 3.74. The molecule has 0 aromatic carbocycles. The fourth-order valence-corrected chi connectivity index (χ4v) is 2.44. The Hall–Kier alpha value is -1.66. The van der Waals surface area contributed by atoms with Gasteiger partial charge >= 0.3 is 0 Å². The van der Waals surface area contributed by atoms with E-state index in [2.05, 4.69) is 10.5 Å². The highest BCUT2D eigenvalue weighted by molar-refractivity contribution is 7.13. The van der Waals surface area contributed by atoms with Gasteiger partial charge in [-0.05, 0) is 32.2 Å². The molecule has 0 saturated heterocycles. The zero-order valence-corrected chi connectivity index (χ0v) is 11.8. The Labute approximate surface area is 115 Å². The summed E-state index contributed by atoms with van der Waals surface area (Å²) in [6.07, 6.45) is -0.880. The van der Waals surface area contributed by atoms with E-state index in [1.54, 1.807) is 6.92 Å². The molecule has 2 heterocycles. The van der Waals surface area contributed by atoms with Crippen molar-refractivity contribution in [2.24, 2.45) is 0 Å². The summed E-state index contributed by atoms with van der Waals surface area (Å²) in [7, 11) is 0. The number of nitrogens with zero attached hydrogens (tertiary/aromatic N) is 1. The first-order valence-electron chi connectivity index (χ1n) is 6.03. The molecule has 0 radical (unpaired) electrons. The molecule has 1 amide bonds. The van der Waals surface area contributed by atoms with Gasteiger partial charge in [0.1, 0.15) is 17.4 Å². The third-order valence-electron chi connectivity index (χ3n) is 2.50. The molecule has 0 spiro atoms. The number of rotatable bonds is 4. The molecule has 2 N–H and O–H groups in total. The van der Waals surface area contributed by atoms with Crippen LogP contribution in [0.15, 0.2) is 22.0 Å². The van der Waals surface area contributed by atoms with Gasteiger partial charge in [0, 0.05) is 6.04 Å². The highest BCUT2D eigenvalue weighted by atomic mass is 32.1. The minimum Gasteiger partial charge on any atom is -0.385 e. The maximum absolute atomic E-state index is 12.2. The van der Waals surface area contributed by atoms with Crippen LogP contribution in [0.4, 0.5) is 0 Å². The molecular weight excluding hydrogens is 264 g/mol. The number of hydrogen-bond acceptors (Lipinski definition) is 5. The fourth-order valence-electron chi connectivity index (χ4n) is 1.72. The van der Waals surface area contributed by atoms with E-state index >= 15 is 0 Å². The standard InChI is InChI=1S/C13H16N2O3S/c1-7(2)14-13(17)10-11(9-5-4-6-19-9)15-18-12(10)8(3)16/h4-8,16H,1-3H3,(H,14,17)/t8-/m0/s1. The van der Waals surface area contributed by atoms with E-state index in [0.29, 0.717) is 11.3 Å². The van der Waals surface area contributed by atoms with Gasteiger partial charge in [0.15, 0.2) is 5.76 Å². The van der Waals surface area contributed by atoms with Crippen molar-refractivity contribution in [3.05, 3.63) is 28.8 Å². The molecule has 2 aromatic heterocycles. The number of aromatic nitrogens is 1. The number of carbonyl (C=O) groups is 1. The molecule has 2 rings (SSSR count). The average Bonchev–Trinajstić information content (AvgIpc) is 2.96. The number of hydrogen-bond donors (Lipinski definition) is 2. The normalized spacial score (nSPS) is 12.7.